The van der Waals surface area contributed by atoms with Crippen LogP contribution < -0.4 is 5.32 Å². The monoisotopic (exact) mass is 352 g/mol. The molecule has 0 amide bonds. The van der Waals surface area contributed by atoms with Crippen molar-refractivity contribution in [1.82, 2.24) is 4.98 Å². The fourth-order valence-corrected chi connectivity index (χ4v) is 4.27. The number of nitrogens with zero attached hydrogens (tertiary/aromatic N) is 1. The summed E-state index contributed by atoms with van der Waals surface area (Å²) in [6.07, 6.45) is 12.4. The van der Waals surface area contributed by atoms with E-state index in [-0.39, 0.29) is 11.2 Å². The summed E-state index contributed by atoms with van der Waals surface area (Å²) in [6.45, 7) is 5.06. The quantitative estimate of drug-likeness (QED) is 0.618. The fraction of sp³-hybridized carbons (Fsp3) is 0.435. The molecule has 1 aliphatic rings. The Morgan fingerprint density at radius 2 is 1.88 bits per heavy atom. The molecule has 0 saturated carbocycles. The van der Waals surface area contributed by atoms with Crippen LogP contribution in [0.25, 0.3) is 6.08 Å². The van der Waals surface area contributed by atoms with Crippen molar-refractivity contribution in [3.8, 4) is 0 Å². The Morgan fingerprint density at radius 3 is 2.62 bits per heavy atom. The second-order valence-electron chi connectivity index (χ2n) is 7.29. The van der Waals surface area contributed by atoms with Gasteiger partial charge in [0.15, 0.2) is 0 Å². The van der Waals surface area contributed by atoms with E-state index in [0.717, 1.165) is 49.9 Å². The predicted molar refractivity (Wildman–Crippen MR) is 108 cm³/mol. The normalized spacial score (nSPS) is 13.5. The van der Waals surface area contributed by atoms with Crippen LogP contribution in [0.4, 0.5) is 10.2 Å². The van der Waals surface area contributed by atoms with Crippen LogP contribution in [0.5, 0.6) is 0 Å². The van der Waals surface area contributed by atoms with E-state index in [1.165, 1.54) is 11.1 Å². The highest BCUT2D eigenvalue weighted by Crippen LogP contribution is 2.37. The van der Waals surface area contributed by atoms with Crippen molar-refractivity contribution < 1.29 is 4.39 Å². The predicted octanol–water partition coefficient (Wildman–Crippen LogP) is 6.13. The third-order valence-electron chi connectivity index (χ3n) is 5.44. The summed E-state index contributed by atoms with van der Waals surface area (Å²) in [5, 5.41) is 3.58. The van der Waals surface area contributed by atoms with Crippen molar-refractivity contribution in [2.24, 2.45) is 0 Å². The maximum Gasteiger partial charge on any atom is 0.133 e. The second kappa shape index (κ2) is 8.48. The van der Waals surface area contributed by atoms with Gasteiger partial charge in [0.25, 0.3) is 0 Å². The number of halogens is 1. The number of hydrogen-bond acceptors (Lipinski definition) is 2. The summed E-state index contributed by atoms with van der Waals surface area (Å²) in [7, 11) is 0. The van der Waals surface area contributed by atoms with E-state index in [1.54, 1.807) is 12.1 Å². The first-order valence-corrected chi connectivity index (χ1v) is 9.83. The lowest BCUT2D eigenvalue weighted by atomic mass is 9.73. The van der Waals surface area contributed by atoms with Crippen molar-refractivity contribution in [3.05, 3.63) is 65.1 Å². The summed E-state index contributed by atoms with van der Waals surface area (Å²) in [5.41, 5.74) is 3.15. The Balaban J connectivity index is 1.92. The average Bonchev–Trinajstić information content (AvgIpc) is 2.67. The first-order chi connectivity index (χ1) is 12.7. The highest BCUT2D eigenvalue weighted by atomic mass is 19.1. The number of rotatable bonds is 8. The van der Waals surface area contributed by atoms with E-state index >= 15 is 0 Å². The molecule has 0 bridgehead atoms. The summed E-state index contributed by atoms with van der Waals surface area (Å²) >= 11 is 0. The number of allylic oxidation sites excluding steroid dienone is 1. The number of nitrogens with one attached hydrogen (secondary N) is 1. The molecule has 0 fully saturated rings. The lowest BCUT2D eigenvalue weighted by Gasteiger charge is -2.35. The highest BCUT2D eigenvalue weighted by molar-refractivity contribution is 5.67. The molecule has 0 unspecified atom stereocenters. The minimum absolute atomic E-state index is 0.0980. The Morgan fingerprint density at radius 1 is 1.12 bits per heavy atom. The van der Waals surface area contributed by atoms with E-state index in [2.05, 4.69) is 42.4 Å². The van der Waals surface area contributed by atoms with E-state index in [0.29, 0.717) is 6.54 Å². The Hall–Kier alpha value is -2.16. The largest absolute Gasteiger partial charge is 0.369 e. The van der Waals surface area contributed by atoms with Gasteiger partial charge in [-0.25, -0.2) is 9.37 Å². The van der Waals surface area contributed by atoms with Gasteiger partial charge in [-0.05, 0) is 48.9 Å². The molecule has 0 radical (unpaired) electrons. The minimum atomic E-state index is -0.211. The highest BCUT2D eigenvalue weighted by Gasteiger charge is 2.33. The SMILES string of the molecule is CCCC(CCC)(CNc1nccc2c1C=CCC2)c1ccccc1F. The Kier molecular flexibility index (Phi) is 6.08. The third-order valence-corrected chi connectivity index (χ3v) is 5.44. The van der Waals surface area contributed by atoms with Gasteiger partial charge >= 0.3 is 0 Å². The fourth-order valence-electron chi connectivity index (χ4n) is 4.27. The number of aromatic nitrogens is 1. The summed E-state index contributed by atoms with van der Waals surface area (Å²) in [5.74, 6) is 0.825. The van der Waals surface area contributed by atoms with Crippen molar-refractivity contribution in [3.63, 3.8) is 0 Å². The molecular formula is C23H29FN2. The molecule has 2 nitrogen and oxygen atoms in total. The van der Waals surface area contributed by atoms with Crippen LogP contribution in [0.3, 0.4) is 0 Å². The molecule has 3 heteroatoms. The summed E-state index contributed by atoms with van der Waals surface area (Å²) in [4.78, 5) is 4.58. The number of hydrogen-bond donors (Lipinski definition) is 1. The smallest absolute Gasteiger partial charge is 0.133 e. The van der Waals surface area contributed by atoms with Gasteiger partial charge in [0.2, 0.25) is 0 Å². The van der Waals surface area contributed by atoms with Gasteiger partial charge in [-0.2, -0.15) is 0 Å². The molecule has 1 aromatic heterocycles. The molecule has 1 aliphatic carbocycles. The summed E-state index contributed by atoms with van der Waals surface area (Å²) in [6, 6.07) is 9.36. The van der Waals surface area contributed by atoms with Gasteiger partial charge in [-0.15, -0.1) is 0 Å². The lowest BCUT2D eigenvalue weighted by molar-refractivity contribution is 0.360. The van der Waals surface area contributed by atoms with Crippen LogP contribution in [0, 0.1) is 5.82 Å². The maximum atomic E-state index is 14.7. The molecule has 1 N–H and O–H groups in total. The Bertz CT molecular complexity index is 761. The standard InChI is InChI=1S/C23H29FN2/c1-3-14-23(15-4-2,20-11-7-8-12-21(20)24)17-26-22-19-10-6-5-9-18(19)13-16-25-22/h6-8,10-13,16H,3-5,9,14-15,17H2,1-2H3,(H,25,26). The van der Waals surface area contributed by atoms with Crippen LogP contribution in [0.2, 0.25) is 0 Å². The van der Waals surface area contributed by atoms with E-state index in [1.807, 2.05) is 18.3 Å². The molecule has 0 atom stereocenters. The maximum absolute atomic E-state index is 14.7. The van der Waals surface area contributed by atoms with E-state index < -0.39 is 0 Å². The Labute approximate surface area is 156 Å². The third kappa shape index (κ3) is 3.82. The van der Waals surface area contributed by atoms with Crippen molar-refractivity contribution in [2.45, 2.75) is 57.8 Å². The van der Waals surface area contributed by atoms with Crippen molar-refractivity contribution >= 4 is 11.9 Å². The molecule has 138 valence electrons. The molecule has 3 rings (SSSR count). The minimum Gasteiger partial charge on any atom is -0.369 e. The van der Waals surface area contributed by atoms with Gasteiger partial charge < -0.3 is 5.32 Å². The zero-order valence-electron chi connectivity index (χ0n) is 15.9. The van der Waals surface area contributed by atoms with Crippen LogP contribution in [-0.4, -0.2) is 11.5 Å². The molecule has 0 spiro atoms. The topological polar surface area (TPSA) is 24.9 Å². The number of anilines is 1. The van der Waals surface area contributed by atoms with Gasteiger partial charge in [0, 0.05) is 23.7 Å². The van der Waals surface area contributed by atoms with Crippen LogP contribution in [0.1, 0.15) is 62.6 Å². The number of benzene rings is 1. The number of aryl methyl sites for hydroxylation is 1. The molecule has 0 aliphatic heterocycles. The number of fused-ring (bicyclic) bond motifs is 1. The molecule has 26 heavy (non-hydrogen) atoms. The van der Waals surface area contributed by atoms with Gasteiger partial charge in [0.05, 0.1) is 0 Å². The number of pyridine rings is 1. The van der Waals surface area contributed by atoms with E-state index in [9.17, 15) is 4.39 Å². The lowest BCUT2D eigenvalue weighted by Crippen LogP contribution is -2.35. The van der Waals surface area contributed by atoms with Crippen LogP contribution >= 0.6 is 0 Å². The van der Waals surface area contributed by atoms with Crippen LogP contribution in [0.15, 0.2) is 42.6 Å². The van der Waals surface area contributed by atoms with Gasteiger partial charge in [-0.1, -0.05) is 57.0 Å². The molecule has 1 heterocycles. The van der Waals surface area contributed by atoms with Crippen molar-refractivity contribution in [2.75, 3.05) is 11.9 Å². The zero-order chi connectivity index (χ0) is 18.4. The van der Waals surface area contributed by atoms with Gasteiger partial charge in [0.1, 0.15) is 11.6 Å². The zero-order valence-corrected chi connectivity index (χ0v) is 15.9. The molecular weight excluding hydrogens is 323 g/mol. The van der Waals surface area contributed by atoms with Gasteiger partial charge in [-0.3, -0.25) is 0 Å². The molecule has 0 saturated heterocycles. The van der Waals surface area contributed by atoms with E-state index in [4.69, 9.17) is 0 Å². The first-order valence-electron chi connectivity index (χ1n) is 9.83. The van der Waals surface area contributed by atoms with Crippen molar-refractivity contribution in [1.29, 1.82) is 0 Å². The second-order valence-corrected chi connectivity index (χ2v) is 7.29. The summed E-state index contributed by atoms with van der Waals surface area (Å²) < 4.78 is 14.7. The molecule has 2 aromatic rings. The molecule has 1 aromatic carbocycles. The van der Waals surface area contributed by atoms with Crippen LogP contribution in [-0.2, 0) is 11.8 Å². The first kappa shape index (κ1) is 18.6. The average molecular weight is 352 g/mol.